The molecule has 24 heavy (non-hydrogen) atoms. The van der Waals surface area contributed by atoms with Crippen molar-refractivity contribution in [2.45, 2.75) is 5.16 Å². The third-order valence-electron chi connectivity index (χ3n) is 3.68. The molecule has 0 aliphatic heterocycles. The van der Waals surface area contributed by atoms with Crippen LogP contribution in [0.1, 0.15) is 10.6 Å². The van der Waals surface area contributed by atoms with E-state index in [2.05, 4.69) is 4.98 Å². The van der Waals surface area contributed by atoms with Crippen molar-refractivity contribution in [2.75, 3.05) is 5.75 Å². The second-order valence-corrected chi connectivity index (χ2v) is 7.11. The first kappa shape index (κ1) is 15.2. The van der Waals surface area contributed by atoms with Gasteiger partial charge in [-0.1, -0.05) is 30.0 Å². The SMILES string of the molecule is Cn1c(SCC(=O)c2cc3ccccc3o2)nc2ccsc2c1=O. The standard InChI is InChI=1S/C17H12N2O3S2/c1-19-16(21)15-11(6-7-23-15)18-17(19)24-9-12(20)14-8-10-4-2-3-5-13(10)22-14/h2-8H,9H2,1H3. The number of hydrogen-bond acceptors (Lipinski definition) is 6. The lowest BCUT2D eigenvalue weighted by molar-refractivity contribution is 0.0994. The molecule has 7 heteroatoms. The van der Waals surface area contributed by atoms with Crippen molar-refractivity contribution >= 4 is 50.1 Å². The van der Waals surface area contributed by atoms with Crippen LogP contribution in [-0.4, -0.2) is 21.1 Å². The number of para-hydroxylation sites is 1. The van der Waals surface area contributed by atoms with Gasteiger partial charge >= 0.3 is 0 Å². The largest absolute Gasteiger partial charge is 0.453 e. The molecule has 0 amide bonds. The van der Waals surface area contributed by atoms with Gasteiger partial charge in [0.2, 0.25) is 5.78 Å². The highest BCUT2D eigenvalue weighted by atomic mass is 32.2. The van der Waals surface area contributed by atoms with E-state index in [0.29, 0.717) is 26.7 Å². The second kappa shape index (κ2) is 5.92. The summed E-state index contributed by atoms with van der Waals surface area (Å²) in [5, 5.41) is 3.26. The predicted molar refractivity (Wildman–Crippen MR) is 96.1 cm³/mol. The topological polar surface area (TPSA) is 65.1 Å². The maximum atomic E-state index is 12.4. The molecular weight excluding hydrogens is 344 g/mol. The molecule has 0 aliphatic carbocycles. The van der Waals surface area contributed by atoms with Gasteiger partial charge in [-0.3, -0.25) is 14.2 Å². The zero-order valence-corrected chi connectivity index (χ0v) is 14.3. The van der Waals surface area contributed by atoms with E-state index < -0.39 is 0 Å². The minimum Gasteiger partial charge on any atom is -0.453 e. The molecule has 0 unspecified atom stereocenters. The summed E-state index contributed by atoms with van der Waals surface area (Å²) in [6.07, 6.45) is 0. The summed E-state index contributed by atoms with van der Waals surface area (Å²) in [6, 6.07) is 11.0. The van der Waals surface area contributed by atoms with Gasteiger partial charge in [-0.05, 0) is 23.6 Å². The van der Waals surface area contributed by atoms with E-state index in [9.17, 15) is 9.59 Å². The number of benzene rings is 1. The van der Waals surface area contributed by atoms with E-state index in [0.717, 1.165) is 5.39 Å². The van der Waals surface area contributed by atoms with E-state index >= 15 is 0 Å². The summed E-state index contributed by atoms with van der Waals surface area (Å²) in [7, 11) is 1.67. The first-order valence-corrected chi connectivity index (χ1v) is 9.09. The zero-order chi connectivity index (χ0) is 16.7. The van der Waals surface area contributed by atoms with Gasteiger partial charge in [-0.15, -0.1) is 11.3 Å². The third-order valence-corrected chi connectivity index (χ3v) is 5.60. The summed E-state index contributed by atoms with van der Waals surface area (Å²) in [5.74, 6) is 0.358. The predicted octanol–water partition coefficient (Wildman–Crippen LogP) is 3.72. The fraction of sp³-hybridized carbons (Fsp3) is 0.118. The number of carbonyl (C=O) groups is 1. The lowest BCUT2D eigenvalue weighted by Crippen LogP contribution is -2.19. The van der Waals surface area contributed by atoms with Crippen LogP contribution in [0, 0.1) is 0 Å². The van der Waals surface area contributed by atoms with Crippen LogP contribution in [-0.2, 0) is 7.05 Å². The van der Waals surface area contributed by atoms with Gasteiger partial charge in [-0.25, -0.2) is 4.98 Å². The fourth-order valence-electron chi connectivity index (χ4n) is 2.42. The highest BCUT2D eigenvalue weighted by molar-refractivity contribution is 7.99. The molecule has 4 aromatic rings. The molecule has 0 fully saturated rings. The molecular formula is C17H12N2O3S2. The lowest BCUT2D eigenvalue weighted by Gasteiger charge is -2.05. The van der Waals surface area contributed by atoms with Crippen molar-refractivity contribution in [3.8, 4) is 0 Å². The Balaban J connectivity index is 1.59. The van der Waals surface area contributed by atoms with Crippen LogP contribution in [0.3, 0.4) is 0 Å². The van der Waals surface area contributed by atoms with E-state index in [1.165, 1.54) is 27.7 Å². The highest BCUT2D eigenvalue weighted by Gasteiger charge is 2.15. The first-order valence-electron chi connectivity index (χ1n) is 7.22. The normalized spacial score (nSPS) is 11.4. The molecule has 0 aliphatic rings. The smallest absolute Gasteiger partial charge is 0.271 e. The lowest BCUT2D eigenvalue weighted by atomic mass is 10.2. The maximum absolute atomic E-state index is 12.4. The van der Waals surface area contributed by atoms with Crippen LogP contribution in [0.5, 0.6) is 0 Å². The Morgan fingerprint density at radius 1 is 1.33 bits per heavy atom. The van der Waals surface area contributed by atoms with Crippen molar-refractivity contribution in [1.82, 2.24) is 9.55 Å². The quantitative estimate of drug-likeness (QED) is 0.317. The van der Waals surface area contributed by atoms with Gasteiger partial charge in [0.05, 0.1) is 11.3 Å². The molecule has 3 aromatic heterocycles. The first-order chi connectivity index (χ1) is 11.6. The maximum Gasteiger partial charge on any atom is 0.271 e. The molecule has 0 bridgehead atoms. The molecule has 0 spiro atoms. The number of thiophene rings is 1. The Kier molecular flexibility index (Phi) is 3.74. The van der Waals surface area contributed by atoms with Crippen molar-refractivity contribution in [2.24, 2.45) is 7.05 Å². The fourth-order valence-corrected chi connectivity index (χ4v) is 4.06. The van der Waals surface area contributed by atoms with Crippen molar-refractivity contribution < 1.29 is 9.21 Å². The van der Waals surface area contributed by atoms with Gasteiger partial charge in [0.15, 0.2) is 10.9 Å². The number of fused-ring (bicyclic) bond motifs is 2. The van der Waals surface area contributed by atoms with E-state index in [-0.39, 0.29) is 17.1 Å². The number of nitrogens with zero attached hydrogens (tertiary/aromatic N) is 2. The molecule has 3 heterocycles. The molecule has 0 N–H and O–H groups in total. The Labute approximate surface area is 144 Å². The summed E-state index contributed by atoms with van der Waals surface area (Å²) in [5.41, 5.74) is 1.27. The van der Waals surface area contributed by atoms with Gasteiger partial charge < -0.3 is 4.42 Å². The Bertz CT molecular complexity index is 1090. The third kappa shape index (κ3) is 2.55. The number of ketones is 1. The number of Topliss-reactive ketones (excluding diaryl/α,β-unsaturated/α-hetero) is 1. The van der Waals surface area contributed by atoms with Gasteiger partial charge in [0, 0.05) is 12.4 Å². The van der Waals surface area contributed by atoms with Crippen LogP contribution in [0.4, 0.5) is 0 Å². The number of carbonyl (C=O) groups excluding carboxylic acids is 1. The molecule has 4 rings (SSSR count). The van der Waals surface area contributed by atoms with Crippen LogP contribution in [0.25, 0.3) is 21.2 Å². The Morgan fingerprint density at radius 2 is 2.17 bits per heavy atom. The number of thioether (sulfide) groups is 1. The molecule has 5 nitrogen and oxygen atoms in total. The monoisotopic (exact) mass is 356 g/mol. The molecule has 0 saturated heterocycles. The molecule has 0 saturated carbocycles. The average Bonchev–Trinajstić information content (AvgIpc) is 3.22. The van der Waals surface area contributed by atoms with Gasteiger partial charge in [0.1, 0.15) is 10.3 Å². The highest BCUT2D eigenvalue weighted by Crippen LogP contribution is 2.23. The zero-order valence-electron chi connectivity index (χ0n) is 12.7. The van der Waals surface area contributed by atoms with Crippen molar-refractivity contribution in [1.29, 1.82) is 0 Å². The van der Waals surface area contributed by atoms with Crippen LogP contribution in [0.2, 0.25) is 0 Å². The van der Waals surface area contributed by atoms with Gasteiger partial charge in [-0.2, -0.15) is 0 Å². The Morgan fingerprint density at radius 3 is 3.00 bits per heavy atom. The van der Waals surface area contributed by atoms with Crippen LogP contribution in [0.15, 0.2) is 56.1 Å². The summed E-state index contributed by atoms with van der Waals surface area (Å²) >= 11 is 2.61. The summed E-state index contributed by atoms with van der Waals surface area (Å²) in [4.78, 5) is 29.1. The van der Waals surface area contributed by atoms with Crippen LogP contribution >= 0.6 is 23.1 Å². The van der Waals surface area contributed by atoms with Gasteiger partial charge in [0.25, 0.3) is 5.56 Å². The number of aromatic nitrogens is 2. The molecule has 1 aromatic carbocycles. The minimum absolute atomic E-state index is 0.0892. The van der Waals surface area contributed by atoms with Crippen molar-refractivity contribution in [3.05, 3.63) is 57.9 Å². The van der Waals surface area contributed by atoms with E-state index in [1.807, 2.05) is 35.7 Å². The molecule has 0 radical (unpaired) electrons. The number of rotatable bonds is 4. The van der Waals surface area contributed by atoms with Crippen molar-refractivity contribution in [3.63, 3.8) is 0 Å². The molecule has 0 atom stereocenters. The average molecular weight is 356 g/mol. The van der Waals surface area contributed by atoms with E-state index in [1.54, 1.807) is 13.1 Å². The minimum atomic E-state index is -0.129. The molecule has 120 valence electrons. The van der Waals surface area contributed by atoms with E-state index in [4.69, 9.17) is 4.42 Å². The summed E-state index contributed by atoms with van der Waals surface area (Å²) in [6.45, 7) is 0. The van der Waals surface area contributed by atoms with Crippen LogP contribution < -0.4 is 5.56 Å². The number of furan rings is 1. The Hall–Kier alpha value is -2.38. The number of hydrogen-bond donors (Lipinski definition) is 0. The summed E-state index contributed by atoms with van der Waals surface area (Å²) < 4.78 is 7.69. The second-order valence-electron chi connectivity index (χ2n) is 5.25.